The van der Waals surface area contributed by atoms with Crippen molar-refractivity contribution in [3.8, 4) is 5.75 Å². The van der Waals surface area contributed by atoms with Gasteiger partial charge in [-0.25, -0.2) is 0 Å². The van der Waals surface area contributed by atoms with E-state index in [1.807, 2.05) is 24.3 Å². The molecule has 0 radical (unpaired) electrons. The largest absolute Gasteiger partial charge is 0.508 e. The molecule has 2 saturated heterocycles. The first-order valence-corrected chi connectivity index (χ1v) is 14.2. The van der Waals surface area contributed by atoms with Gasteiger partial charge >= 0.3 is 7.12 Å². The molecule has 3 aliphatic rings. The Bertz CT molecular complexity index is 1320. The van der Waals surface area contributed by atoms with Gasteiger partial charge in [-0.2, -0.15) is 0 Å². The summed E-state index contributed by atoms with van der Waals surface area (Å²) in [7, 11) is -0.995. The first kappa shape index (κ1) is 27.7. The first-order valence-electron chi connectivity index (χ1n) is 13.9. The Kier molecular flexibility index (Phi) is 8.04. The van der Waals surface area contributed by atoms with Crippen LogP contribution in [0, 0.1) is 23.7 Å². The number of halogens is 1. The van der Waals surface area contributed by atoms with E-state index in [-0.39, 0.29) is 35.5 Å². The van der Waals surface area contributed by atoms with E-state index in [1.165, 1.54) is 22.1 Å². The number of amides is 2. The van der Waals surface area contributed by atoms with Gasteiger partial charge in [0.2, 0.25) is 11.8 Å². The van der Waals surface area contributed by atoms with Crippen LogP contribution in [-0.4, -0.2) is 35.2 Å². The zero-order chi connectivity index (χ0) is 27.8. The lowest BCUT2D eigenvalue weighted by atomic mass is 9.57. The number of carbonyl (C=O) groups is 2. The second-order valence-corrected chi connectivity index (χ2v) is 11.5. The summed E-state index contributed by atoms with van der Waals surface area (Å²) in [6.45, 7) is 6.34. The van der Waals surface area contributed by atoms with Crippen molar-refractivity contribution in [2.45, 2.75) is 58.9 Å². The summed E-state index contributed by atoms with van der Waals surface area (Å²) in [5, 5.41) is 21.0. The maximum atomic E-state index is 13.8. The van der Waals surface area contributed by atoms with Crippen LogP contribution in [0.2, 0.25) is 11.3 Å². The smallest absolute Gasteiger partial charge is 0.455 e. The summed E-state index contributed by atoms with van der Waals surface area (Å²) in [4.78, 5) is 28.7. The molecule has 2 N–H and O–H groups in total. The van der Waals surface area contributed by atoms with Gasteiger partial charge in [-0.3, -0.25) is 14.5 Å². The quantitative estimate of drug-likeness (QED) is 0.242. The van der Waals surface area contributed by atoms with Crippen LogP contribution < -0.4 is 4.90 Å². The van der Waals surface area contributed by atoms with Crippen LogP contribution in [0.3, 0.4) is 0 Å². The van der Waals surface area contributed by atoms with Crippen molar-refractivity contribution in [3.05, 3.63) is 75.8 Å². The van der Waals surface area contributed by atoms with Gasteiger partial charge in [0.05, 0.1) is 28.6 Å². The highest BCUT2D eigenvalue weighted by Gasteiger charge is 2.57. The van der Waals surface area contributed by atoms with Crippen LogP contribution in [0.5, 0.6) is 5.75 Å². The number of aromatic hydroxyl groups is 1. The summed E-state index contributed by atoms with van der Waals surface area (Å²) in [5.41, 5.74) is 4.89. The van der Waals surface area contributed by atoms with Crippen LogP contribution in [0.15, 0.2) is 65.3 Å². The highest BCUT2D eigenvalue weighted by atomic mass is 35.5. The van der Waals surface area contributed by atoms with E-state index in [0.29, 0.717) is 29.9 Å². The number of hydrogen-bond donors (Lipinski definition) is 2. The fourth-order valence-electron chi connectivity index (χ4n) is 6.60. The number of phenolic OH excluding ortho intramolecular Hbond substituents is 1. The summed E-state index contributed by atoms with van der Waals surface area (Å²) in [6, 6.07) is 14.1. The topological polar surface area (TPSA) is 87.1 Å². The molecule has 1 aliphatic carbocycles. The third-order valence-corrected chi connectivity index (χ3v) is 8.81. The summed E-state index contributed by atoms with van der Waals surface area (Å²) >= 11 is 6.34. The lowest BCUT2D eigenvalue weighted by molar-refractivity contribution is -0.122. The number of anilines is 1. The molecule has 204 valence electrons. The molecule has 2 aromatic carbocycles. The Morgan fingerprint density at radius 3 is 2.56 bits per heavy atom. The lowest BCUT2D eigenvalue weighted by Crippen LogP contribution is -2.46. The Hall–Kier alpha value is -2.87. The lowest BCUT2D eigenvalue weighted by Gasteiger charge is -2.44. The van der Waals surface area contributed by atoms with Crippen molar-refractivity contribution in [3.63, 3.8) is 0 Å². The Morgan fingerprint density at radius 1 is 1.15 bits per heavy atom. The molecule has 6 nitrogen and oxygen atoms in total. The third-order valence-electron chi connectivity index (χ3n) is 8.48. The minimum Gasteiger partial charge on any atom is -0.508 e. The summed E-state index contributed by atoms with van der Waals surface area (Å²) in [6.07, 6.45) is 4.75. The van der Waals surface area contributed by atoms with Gasteiger partial charge in [0.25, 0.3) is 0 Å². The van der Waals surface area contributed by atoms with Crippen molar-refractivity contribution in [1.29, 1.82) is 0 Å². The van der Waals surface area contributed by atoms with Crippen molar-refractivity contribution >= 4 is 42.3 Å². The van der Waals surface area contributed by atoms with E-state index in [2.05, 4.69) is 20.8 Å². The van der Waals surface area contributed by atoms with Crippen LogP contribution in [0.4, 0.5) is 5.69 Å². The monoisotopic (exact) mass is 547 g/mol. The zero-order valence-corrected chi connectivity index (χ0v) is 23.4. The molecule has 4 atom stereocenters. The van der Waals surface area contributed by atoms with Gasteiger partial charge in [-0.1, -0.05) is 67.8 Å². The molecule has 2 heterocycles. The van der Waals surface area contributed by atoms with E-state index in [0.717, 1.165) is 24.0 Å². The first-order chi connectivity index (χ1) is 18.7. The number of para-hydroxylation sites is 1. The predicted octanol–water partition coefficient (Wildman–Crippen LogP) is 6.28. The number of imide groups is 1. The van der Waals surface area contributed by atoms with Crippen molar-refractivity contribution in [2.75, 3.05) is 4.90 Å². The highest BCUT2D eigenvalue weighted by molar-refractivity contribution is 6.43. The molecule has 0 spiro atoms. The standard InChI is InChI=1S/C31H35BClNO5/c1-4-19(14-20-11-12-22(35)15-26(20)33)10-13-27-28-23(18(2)3)16-24-29(25(28)17-32(38)39-27)31(37)34(30(24)36)21-8-6-5-7-9-21/h5-9,11-12,14-15,18,24-25,27,29,35,38H,4,10,13,16-17H2,1-3H3/b19-14+/t24-,25+,27-,29-/m1/s1. The molecule has 2 aliphatic heterocycles. The van der Waals surface area contributed by atoms with Gasteiger partial charge in [0, 0.05) is 0 Å². The van der Waals surface area contributed by atoms with E-state index < -0.39 is 19.0 Å². The molecule has 39 heavy (non-hydrogen) atoms. The van der Waals surface area contributed by atoms with Gasteiger partial charge in [0.1, 0.15) is 5.75 Å². The fraction of sp³-hybridized carbons (Fsp3) is 0.419. The number of hydrogen-bond acceptors (Lipinski definition) is 5. The average Bonchev–Trinajstić information content (AvgIpc) is 3.16. The van der Waals surface area contributed by atoms with Crippen molar-refractivity contribution in [2.24, 2.45) is 23.7 Å². The van der Waals surface area contributed by atoms with Crippen molar-refractivity contribution < 1.29 is 24.4 Å². The Labute approximate surface area is 235 Å². The Morgan fingerprint density at radius 2 is 1.90 bits per heavy atom. The van der Waals surface area contributed by atoms with E-state index in [9.17, 15) is 19.7 Å². The molecule has 8 heteroatoms. The average molecular weight is 548 g/mol. The SMILES string of the molecule is CC/C(=C\c1ccc(O)cc1Cl)CC[C@H]1OB(O)C[C@H]2C1=C(C(C)C)C[C@H]1C(=O)N(c3ccccc3)C(=O)[C@H]12. The number of carbonyl (C=O) groups excluding carboxylic acids is 2. The summed E-state index contributed by atoms with van der Waals surface area (Å²) in [5.74, 6) is -1.15. The van der Waals surface area contributed by atoms with E-state index >= 15 is 0 Å². The molecular formula is C31H35BClNO5. The van der Waals surface area contributed by atoms with Crippen LogP contribution in [-0.2, 0) is 14.2 Å². The van der Waals surface area contributed by atoms with Gasteiger partial charge < -0.3 is 14.8 Å². The van der Waals surface area contributed by atoms with E-state index in [1.54, 1.807) is 24.3 Å². The van der Waals surface area contributed by atoms with Gasteiger partial charge in [-0.15, -0.1) is 0 Å². The number of benzene rings is 2. The molecular weight excluding hydrogens is 513 g/mol. The second-order valence-electron chi connectivity index (χ2n) is 11.1. The second kappa shape index (κ2) is 11.3. The number of rotatable bonds is 7. The zero-order valence-electron chi connectivity index (χ0n) is 22.6. The predicted molar refractivity (Wildman–Crippen MR) is 154 cm³/mol. The molecule has 0 saturated carbocycles. The molecule has 0 aromatic heterocycles. The molecule has 0 unspecified atom stereocenters. The minimum absolute atomic E-state index is 0.125. The number of allylic oxidation sites excluding steroid dienone is 2. The number of fused-ring (bicyclic) bond motifs is 3. The third kappa shape index (κ3) is 5.32. The maximum Gasteiger partial charge on any atom is 0.455 e. The number of nitrogens with zero attached hydrogens (tertiary/aromatic N) is 1. The molecule has 0 bridgehead atoms. The van der Waals surface area contributed by atoms with Gasteiger partial charge in [-0.05, 0) is 85.3 Å². The number of phenols is 1. The highest BCUT2D eigenvalue weighted by Crippen LogP contribution is 2.52. The normalized spacial score (nSPS) is 25.4. The Balaban J connectivity index is 1.45. The molecule has 2 aromatic rings. The van der Waals surface area contributed by atoms with E-state index in [4.69, 9.17) is 16.3 Å². The fourth-order valence-corrected chi connectivity index (χ4v) is 6.83. The van der Waals surface area contributed by atoms with Crippen LogP contribution >= 0.6 is 11.6 Å². The summed E-state index contributed by atoms with van der Waals surface area (Å²) < 4.78 is 6.14. The molecule has 2 fully saturated rings. The van der Waals surface area contributed by atoms with Crippen molar-refractivity contribution in [1.82, 2.24) is 0 Å². The molecule has 5 rings (SSSR count). The maximum absolute atomic E-state index is 13.8. The van der Waals surface area contributed by atoms with Crippen LogP contribution in [0.25, 0.3) is 6.08 Å². The van der Waals surface area contributed by atoms with Gasteiger partial charge in [0.15, 0.2) is 0 Å². The molecule has 2 amide bonds. The van der Waals surface area contributed by atoms with Crippen LogP contribution in [0.1, 0.15) is 52.0 Å². The minimum atomic E-state index is -0.995.